The van der Waals surface area contributed by atoms with Gasteiger partial charge in [-0.05, 0) is 18.2 Å². The van der Waals surface area contributed by atoms with Crippen molar-refractivity contribution in [2.75, 3.05) is 19.1 Å². The van der Waals surface area contributed by atoms with Gasteiger partial charge in [-0.25, -0.2) is 15.8 Å². The maximum atomic E-state index is 6.16. The van der Waals surface area contributed by atoms with E-state index < -0.39 is 0 Å². The fourth-order valence-corrected chi connectivity index (χ4v) is 2.54. The Morgan fingerprint density at radius 1 is 1.38 bits per heavy atom. The van der Waals surface area contributed by atoms with E-state index in [9.17, 15) is 0 Å². The Balaban J connectivity index is 2.08. The molecule has 21 heavy (non-hydrogen) atoms. The lowest BCUT2D eigenvalue weighted by Crippen LogP contribution is -2.19. The Morgan fingerprint density at radius 2 is 2.24 bits per heavy atom. The number of aromatic nitrogens is 2. The fourth-order valence-electron chi connectivity index (χ4n) is 2.29. The molecule has 2 aromatic rings. The fraction of sp³-hybridized carbons (Fsp3) is 0.286. The van der Waals surface area contributed by atoms with Crippen molar-refractivity contribution in [2.24, 2.45) is 5.84 Å². The summed E-state index contributed by atoms with van der Waals surface area (Å²) < 4.78 is 10.6. The molecule has 6 nitrogen and oxygen atoms in total. The molecule has 0 bridgehead atoms. The van der Waals surface area contributed by atoms with Gasteiger partial charge in [-0.2, -0.15) is 0 Å². The van der Waals surface area contributed by atoms with Crippen molar-refractivity contribution in [3.8, 4) is 17.1 Å². The third-order valence-electron chi connectivity index (χ3n) is 3.37. The van der Waals surface area contributed by atoms with Crippen LogP contribution in [0.3, 0.4) is 0 Å². The Labute approximate surface area is 127 Å². The molecule has 0 aliphatic carbocycles. The molecular weight excluding hydrogens is 292 g/mol. The molecule has 7 heteroatoms. The lowest BCUT2D eigenvalue weighted by atomic mass is 10.1. The SMILES string of the molecule is COc1ccc(-c2nc3c(c(NN)n2)COCC3)cc1Cl. The molecule has 1 aromatic heterocycles. The van der Waals surface area contributed by atoms with Crippen LogP contribution < -0.4 is 16.0 Å². The van der Waals surface area contributed by atoms with E-state index in [1.807, 2.05) is 6.07 Å². The summed E-state index contributed by atoms with van der Waals surface area (Å²) >= 11 is 6.16. The van der Waals surface area contributed by atoms with E-state index >= 15 is 0 Å². The molecule has 0 radical (unpaired) electrons. The largest absolute Gasteiger partial charge is 0.495 e. The lowest BCUT2D eigenvalue weighted by Gasteiger charge is -2.19. The van der Waals surface area contributed by atoms with Gasteiger partial charge in [-0.3, -0.25) is 0 Å². The van der Waals surface area contributed by atoms with E-state index in [1.54, 1.807) is 19.2 Å². The highest BCUT2D eigenvalue weighted by Gasteiger charge is 2.18. The van der Waals surface area contributed by atoms with Crippen molar-refractivity contribution in [3.63, 3.8) is 0 Å². The van der Waals surface area contributed by atoms with Gasteiger partial charge in [0, 0.05) is 17.5 Å². The molecule has 0 saturated carbocycles. The first-order chi connectivity index (χ1) is 10.2. The van der Waals surface area contributed by atoms with E-state index in [1.165, 1.54) is 0 Å². The summed E-state index contributed by atoms with van der Waals surface area (Å²) in [5, 5.41) is 0.516. The summed E-state index contributed by atoms with van der Waals surface area (Å²) in [5.41, 5.74) is 5.28. The van der Waals surface area contributed by atoms with Crippen LogP contribution in [0.1, 0.15) is 11.3 Å². The molecule has 2 heterocycles. The summed E-state index contributed by atoms with van der Waals surface area (Å²) in [6.45, 7) is 1.12. The predicted molar refractivity (Wildman–Crippen MR) is 80.2 cm³/mol. The summed E-state index contributed by atoms with van der Waals surface area (Å²) in [5.74, 6) is 7.33. The van der Waals surface area contributed by atoms with Gasteiger partial charge in [0.25, 0.3) is 0 Å². The molecule has 0 saturated heterocycles. The molecule has 1 aliphatic rings. The van der Waals surface area contributed by atoms with Crippen molar-refractivity contribution in [1.82, 2.24) is 9.97 Å². The van der Waals surface area contributed by atoms with Gasteiger partial charge in [0.15, 0.2) is 5.82 Å². The van der Waals surface area contributed by atoms with E-state index in [4.69, 9.17) is 26.9 Å². The summed E-state index contributed by atoms with van der Waals surface area (Å²) in [7, 11) is 1.58. The van der Waals surface area contributed by atoms with E-state index in [2.05, 4.69) is 15.4 Å². The quantitative estimate of drug-likeness (QED) is 0.668. The van der Waals surface area contributed by atoms with E-state index in [0.29, 0.717) is 35.6 Å². The van der Waals surface area contributed by atoms with Gasteiger partial charge in [0.1, 0.15) is 11.6 Å². The summed E-state index contributed by atoms with van der Waals surface area (Å²) in [4.78, 5) is 9.05. The highest BCUT2D eigenvalue weighted by atomic mass is 35.5. The minimum Gasteiger partial charge on any atom is -0.495 e. The van der Waals surface area contributed by atoms with Crippen LogP contribution in [0.2, 0.25) is 5.02 Å². The number of methoxy groups -OCH3 is 1. The van der Waals surface area contributed by atoms with Crippen LogP contribution in [0.4, 0.5) is 5.82 Å². The molecule has 1 aromatic carbocycles. The first kappa shape index (κ1) is 14.1. The standard InChI is InChI=1S/C14H15ClN4O2/c1-20-12-3-2-8(6-10(12)15)13-17-11-4-5-21-7-9(11)14(18-13)19-16/h2-3,6H,4-5,7,16H2,1H3,(H,17,18,19). The Morgan fingerprint density at radius 3 is 2.95 bits per heavy atom. The normalized spacial score (nSPS) is 13.7. The smallest absolute Gasteiger partial charge is 0.161 e. The van der Waals surface area contributed by atoms with Crippen LogP contribution in [0.15, 0.2) is 18.2 Å². The third kappa shape index (κ3) is 2.65. The number of hydrazine groups is 1. The van der Waals surface area contributed by atoms with Gasteiger partial charge in [-0.15, -0.1) is 0 Å². The van der Waals surface area contributed by atoms with Crippen molar-refractivity contribution < 1.29 is 9.47 Å². The summed E-state index contributed by atoms with van der Waals surface area (Å²) in [6, 6.07) is 5.44. The van der Waals surface area contributed by atoms with Gasteiger partial charge >= 0.3 is 0 Å². The average molecular weight is 307 g/mol. The highest BCUT2D eigenvalue weighted by Crippen LogP contribution is 2.31. The number of fused-ring (bicyclic) bond motifs is 1. The summed E-state index contributed by atoms with van der Waals surface area (Å²) in [6.07, 6.45) is 0.740. The highest BCUT2D eigenvalue weighted by molar-refractivity contribution is 6.32. The van der Waals surface area contributed by atoms with Crippen LogP contribution in [-0.4, -0.2) is 23.7 Å². The number of nitrogens with zero attached hydrogens (tertiary/aromatic N) is 2. The maximum Gasteiger partial charge on any atom is 0.161 e. The van der Waals surface area contributed by atoms with Gasteiger partial charge in [-0.1, -0.05) is 11.6 Å². The zero-order chi connectivity index (χ0) is 14.8. The van der Waals surface area contributed by atoms with Crippen LogP contribution in [0.25, 0.3) is 11.4 Å². The second-order valence-corrected chi connectivity index (χ2v) is 5.02. The topological polar surface area (TPSA) is 82.3 Å². The van der Waals surface area contributed by atoms with Crippen molar-refractivity contribution in [2.45, 2.75) is 13.0 Å². The predicted octanol–water partition coefficient (Wildman–Crippen LogP) is 2.16. The number of halogens is 1. The molecule has 0 atom stereocenters. The van der Waals surface area contributed by atoms with Gasteiger partial charge in [0.05, 0.1) is 31.0 Å². The van der Waals surface area contributed by atoms with Crippen LogP contribution in [0, 0.1) is 0 Å². The minimum absolute atomic E-state index is 0.471. The van der Waals surface area contributed by atoms with Crippen LogP contribution >= 0.6 is 11.6 Å². The van der Waals surface area contributed by atoms with Gasteiger partial charge in [0.2, 0.25) is 0 Å². The monoisotopic (exact) mass is 306 g/mol. The van der Waals surface area contributed by atoms with Crippen LogP contribution in [-0.2, 0) is 17.8 Å². The number of hydrogen-bond donors (Lipinski definition) is 2. The molecule has 1 aliphatic heterocycles. The number of ether oxygens (including phenoxy) is 2. The molecule has 3 N–H and O–H groups in total. The number of rotatable bonds is 3. The Kier molecular flexibility index (Phi) is 3.92. The molecule has 0 amide bonds. The first-order valence-corrected chi connectivity index (χ1v) is 6.88. The number of benzene rings is 1. The molecular formula is C14H15ClN4O2. The number of anilines is 1. The lowest BCUT2D eigenvalue weighted by molar-refractivity contribution is 0.109. The molecule has 3 rings (SSSR count). The number of nitrogens with one attached hydrogen (secondary N) is 1. The molecule has 0 spiro atoms. The first-order valence-electron chi connectivity index (χ1n) is 6.51. The van der Waals surface area contributed by atoms with Crippen molar-refractivity contribution in [1.29, 1.82) is 0 Å². The molecule has 0 fully saturated rings. The maximum absolute atomic E-state index is 6.16. The molecule has 110 valence electrons. The van der Waals surface area contributed by atoms with E-state index in [-0.39, 0.29) is 0 Å². The minimum atomic E-state index is 0.471. The Bertz CT molecular complexity index is 661. The number of nitrogens with two attached hydrogens (primary N) is 1. The average Bonchev–Trinajstić information content (AvgIpc) is 2.53. The second kappa shape index (κ2) is 5.85. The van der Waals surface area contributed by atoms with Gasteiger partial charge < -0.3 is 14.9 Å². The zero-order valence-electron chi connectivity index (χ0n) is 11.5. The number of nitrogen functional groups attached to an aromatic ring is 1. The number of hydrogen-bond acceptors (Lipinski definition) is 6. The zero-order valence-corrected chi connectivity index (χ0v) is 12.3. The van der Waals surface area contributed by atoms with Crippen LogP contribution in [0.5, 0.6) is 5.75 Å². The van der Waals surface area contributed by atoms with E-state index in [0.717, 1.165) is 23.2 Å². The second-order valence-electron chi connectivity index (χ2n) is 4.62. The third-order valence-corrected chi connectivity index (χ3v) is 3.66. The van der Waals surface area contributed by atoms with Crippen molar-refractivity contribution in [3.05, 3.63) is 34.5 Å². The van der Waals surface area contributed by atoms with Crippen molar-refractivity contribution >= 4 is 17.4 Å². The Hall–Kier alpha value is -1.89. The molecule has 0 unspecified atom stereocenters.